The fourth-order valence-electron chi connectivity index (χ4n) is 1.06. The zero-order valence-electron chi connectivity index (χ0n) is 7.36. The lowest BCUT2D eigenvalue weighted by Crippen LogP contribution is -2.27. The molecule has 0 saturated carbocycles. The fourth-order valence-corrected chi connectivity index (χ4v) is 2.76. The quantitative estimate of drug-likeness (QED) is 0.886. The number of halogens is 4. The van der Waals surface area contributed by atoms with Gasteiger partial charge in [-0.15, -0.1) is 11.3 Å². The molecule has 0 bridgehead atoms. The van der Waals surface area contributed by atoms with E-state index in [-0.39, 0.29) is 4.88 Å². The molecule has 0 spiro atoms. The Bertz CT molecular complexity index is 301. The molecule has 0 aliphatic heterocycles. The van der Waals surface area contributed by atoms with Gasteiger partial charge in [0.2, 0.25) is 0 Å². The Hall–Kier alpha value is -0.0700. The summed E-state index contributed by atoms with van der Waals surface area (Å²) in [6.45, 7) is 1.36. The van der Waals surface area contributed by atoms with Crippen molar-refractivity contribution in [2.24, 2.45) is 5.73 Å². The van der Waals surface area contributed by atoms with Crippen molar-refractivity contribution in [1.82, 2.24) is 0 Å². The summed E-state index contributed by atoms with van der Waals surface area (Å²) in [6, 6.07) is 1.49. The van der Waals surface area contributed by atoms with Crippen molar-refractivity contribution in [3.05, 3.63) is 20.3 Å². The third-order valence-corrected chi connectivity index (χ3v) is 4.10. The number of aryl methyl sites for hydroxylation is 1. The lowest BCUT2D eigenvalue weighted by Gasteiger charge is -2.16. The van der Waals surface area contributed by atoms with E-state index >= 15 is 0 Å². The van der Waals surface area contributed by atoms with Crippen molar-refractivity contribution in [3.8, 4) is 0 Å². The van der Waals surface area contributed by atoms with Crippen molar-refractivity contribution >= 4 is 27.3 Å². The maximum absolute atomic E-state index is 12.5. The molecule has 0 amide bonds. The van der Waals surface area contributed by atoms with Crippen LogP contribution in [0.5, 0.6) is 0 Å². The second-order valence-corrected chi connectivity index (χ2v) is 5.03. The molecule has 1 atom stereocenters. The number of rotatable bonds is 2. The summed E-state index contributed by atoms with van der Waals surface area (Å²) in [4.78, 5) is 1.10. The largest absolute Gasteiger partial charge is 0.397 e. The summed E-state index contributed by atoms with van der Waals surface area (Å²) in [7, 11) is 0. The minimum atomic E-state index is -4.26. The molecule has 0 aliphatic rings. The molecule has 1 unspecified atom stereocenters. The zero-order valence-corrected chi connectivity index (χ0v) is 9.76. The van der Waals surface area contributed by atoms with Crippen LogP contribution in [0.15, 0.2) is 10.5 Å². The second kappa shape index (κ2) is 4.20. The summed E-state index contributed by atoms with van der Waals surface area (Å²) in [5, 5.41) is 0. The Morgan fingerprint density at radius 1 is 1.57 bits per heavy atom. The van der Waals surface area contributed by atoms with Gasteiger partial charge in [0.25, 0.3) is 0 Å². The van der Waals surface area contributed by atoms with Crippen molar-refractivity contribution < 1.29 is 13.2 Å². The third kappa shape index (κ3) is 2.49. The molecule has 2 N–H and O–H groups in total. The van der Waals surface area contributed by atoms with Crippen LogP contribution in [0.3, 0.4) is 0 Å². The van der Waals surface area contributed by atoms with Crippen LogP contribution < -0.4 is 5.73 Å². The van der Waals surface area contributed by atoms with E-state index in [9.17, 15) is 13.2 Å². The normalized spacial score (nSPS) is 14.4. The molecule has 0 fully saturated rings. The summed E-state index contributed by atoms with van der Waals surface area (Å²) >= 11 is 4.31. The first-order chi connectivity index (χ1) is 6.36. The van der Waals surface area contributed by atoms with Gasteiger partial charge >= 0.3 is 6.18 Å². The van der Waals surface area contributed by atoms with Crippen LogP contribution in [0.4, 0.5) is 13.2 Å². The van der Waals surface area contributed by atoms with Crippen molar-refractivity contribution in [2.45, 2.75) is 19.0 Å². The summed E-state index contributed by atoms with van der Waals surface area (Å²) in [6.07, 6.45) is -4.26. The van der Waals surface area contributed by atoms with E-state index in [0.29, 0.717) is 4.47 Å². The van der Waals surface area contributed by atoms with Crippen LogP contribution >= 0.6 is 27.3 Å². The molecule has 1 aromatic rings. The van der Waals surface area contributed by atoms with Crippen molar-refractivity contribution in [3.63, 3.8) is 0 Å². The van der Waals surface area contributed by atoms with Gasteiger partial charge in [0.05, 0.1) is 0 Å². The van der Waals surface area contributed by atoms with Crippen LogP contribution in [-0.4, -0.2) is 12.7 Å². The average molecular weight is 288 g/mol. The van der Waals surface area contributed by atoms with Gasteiger partial charge < -0.3 is 5.73 Å². The van der Waals surface area contributed by atoms with Gasteiger partial charge in [0.1, 0.15) is 5.92 Å². The van der Waals surface area contributed by atoms with Crippen molar-refractivity contribution in [1.29, 1.82) is 0 Å². The molecule has 1 rings (SSSR count). The molecular weight excluding hydrogens is 279 g/mol. The molecule has 80 valence electrons. The molecule has 0 aromatic carbocycles. The van der Waals surface area contributed by atoms with Crippen molar-refractivity contribution in [2.75, 3.05) is 6.54 Å². The van der Waals surface area contributed by atoms with Gasteiger partial charge in [0.15, 0.2) is 0 Å². The minimum Gasteiger partial charge on any atom is -0.329 e. The highest BCUT2D eigenvalue weighted by Crippen LogP contribution is 2.39. The second-order valence-electron chi connectivity index (χ2n) is 2.88. The molecular formula is C8H9BrF3NS. The predicted octanol–water partition coefficient (Wildman–Crippen LogP) is 3.42. The maximum Gasteiger partial charge on any atom is 0.397 e. The van der Waals surface area contributed by atoms with Crippen LogP contribution in [0.1, 0.15) is 15.7 Å². The van der Waals surface area contributed by atoms with Gasteiger partial charge in [0, 0.05) is 20.8 Å². The first-order valence-corrected chi connectivity index (χ1v) is 5.49. The number of thiophene rings is 1. The van der Waals surface area contributed by atoms with E-state index in [1.807, 2.05) is 0 Å². The highest BCUT2D eigenvalue weighted by atomic mass is 79.9. The molecule has 1 nitrogen and oxygen atoms in total. The standard InChI is InChI=1S/C8H9BrF3NS/c1-4-6(9)2-7(14-4)5(3-13)8(10,11)12/h2,5H,3,13H2,1H3. The summed E-state index contributed by atoms with van der Waals surface area (Å²) in [5.74, 6) is -1.54. The summed E-state index contributed by atoms with van der Waals surface area (Å²) in [5.41, 5.74) is 5.12. The average Bonchev–Trinajstić information content (AvgIpc) is 2.30. The van der Waals surface area contributed by atoms with Gasteiger partial charge in [-0.3, -0.25) is 0 Å². The van der Waals surface area contributed by atoms with Gasteiger partial charge in [-0.05, 0) is 28.9 Å². The monoisotopic (exact) mass is 287 g/mol. The van der Waals surface area contributed by atoms with Crippen LogP contribution in [0.2, 0.25) is 0 Å². The number of alkyl halides is 3. The topological polar surface area (TPSA) is 26.0 Å². The Balaban J connectivity index is 3.01. The lowest BCUT2D eigenvalue weighted by molar-refractivity contribution is -0.147. The molecule has 14 heavy (non-hydrogen) atoms. The third-order valence-electron chi connectivity index (χ3n) is 1.85. The number of nitrogens with two attached hydrogens (primary N) is 1. The first-order valence-electron chi connectivity index (χ1n) is 3.89. The fraction of sp³-hybridized carbons (Fsp3) is 0.500. The van der Waals surface area contributed by atoms with Crippen LogP contribution in [0.25, 0.3) is 0 Å². The predicted molar refractivity (Wildman–Crippen MR) is 54.6 cm³/mol. The Labute approximate surface area is 92.2 Å². The molecule has 0 radical (unpaired) electrons. The van der Waals surface area contributed by atoms with E-state index in [1.54, 1.807) is 6.92 Å². The Morgan fingerprint density at radius 2 is 2.14 bits per heavy atom. The smallest absolute Gasteiger partial charge is 0.329 e. The highest BCUT2D eigenvalue weighted by Gasteiger charge is 2.40. The molecule has 1 aromatic heterocycles. The molecule has 1 heterocycles. The number of hydrogen-bond donors (Lipinski definition) is 1. The molecule has 0 saturated heterocycles. The zero-order chi connectivity index (χ0) is 10.9. The lowest BCUT2D eigenvalue weighted by atomic mass is 10.1. The maximum atomic E-state index is 12.5. The van der Waals surface area contributed by atoms with Crippen LogP contribution in [0, 0.1) is 6.92 Å². The van der Waals surface area contributed by atoms with Gasteiger partial charge in [-0.1, -0.05) is 0 Å². The van der Waals surface area contributed by atoms with Gasteiger partial charge in [-0.25, -0.2) is 0 Å². The molecule has 0 aliphatic carbocycles. The minimum absolute atomic E-state index is 0.268. The van der Waals surface area contributed by atoms with E-state index < -0.39 is 18.6 Å². The Morgan fingerprint density at radius 3 is 2.43 bits per heavy atom. The highest BCUT2D eigenvalue weighted by molar-refractivity contribution is 9.10. The summed E-state index contributed by atoms with van der Waals surface area (Å²) < 4.78 is 38.1. The Kier molecular flexibility index (Phi) is 3.60. The van der Waals surface area contributed by atoms with E-state index in [1.165, 1.54) is 6.07 Å². The van der Waals surface area contributed by atoms with E-state index in [2.05, 4.69) is 15.9 Å². The van der Waals surface area contributed by atoms with E-state index in [0.717, 1.165) is 16.2 Å². The van der Waals surface area contributed by atoms with Crippen LogP contribution in [-0.2, 0) is 0 Å². The first kappa shape index (κ1) is 12.0. The molecule has 6 heteroatoms. The van der Waals surface area contributed by atoms with E-state index in [4.69, 9.17) is 5.73 Å². The number of hydrogen-bond acceptors (Lipinski definition) is 2. The van der Waals surface area contributed by atoms with Gasteiger partial charge in [-0.2, -0.15) is 13.2 Å². The SMILES string of the molecule is Cc1sc(C(CN)C(F)(F)F)cc1Br.